The van der Waals surface area contributed by atoms with E-state index in [0.717, 1.165) is 29.4 Å². The number of alkyl halides is 2. The minimum absolute atomic E-state index is 0.0144. The van der Waals surface area contributed by atoms with Crippen molar-refractivity contribution in [1.29, 1.82) is 0 Å². The number of benzene rings is 2. The normalized spacial score (nSPS) is 20.8. The molecule has 9 heteroatoms. The lowest BCUT2D eigenvalue weighted by molar-refractivity contribution is -0.286. The van der Waals surface area contributed by atoms with Crippen molar-refractivity contribution in [3.05, 3.63) is 53.5 Å². The molecular weight excluding hydrogens is 473 g/mol. The van der Waals surface area contributed by atoms with Gasteiger partial charge in [0, 0.05) is 35.7 Å². The van der Waals surface area contributed by atoms with Crippen LogP contribution < -0.4 is 14.8 Å². The van der Waals surface area contributed by atoms with Crippen molar-refractivity contribution in [3.8, 4) is 11.5 Å². The van der Waals surface area contributed by atoms with Crippen LogP contribution in [0.5, 0.6) is 11.5 Å². The molecule has 1 aliphatic heterocycles. The molecule has 0 saturated heterocycles. The number of ether oxygens (including phenoxy) is 2. The average molecular weight is 501 g/mol. The summed E-state index contributed by atoms with van der Waals surface area (Å²) >= 11 is 0. The highest BCUT2D eigenvalue weighted by molar-refractivity contribution is 6.03. The Labute approximate surface area is 206 Å². The molecule has 3 aliphatic rings. The van der Waals surface area contributed by atoms with Crippen molar-refractivity contribution < 1.29 is 32.5 Å². The minimum atomic E-state index is -3.74. The van der Waals surface area contributed by atoms with Gasteiger partial charge in [0.1, 0.15) is 5.82 Å². The minimum Gasteiger partial charge on any atom is -0.396 e. The molecule has 2 heterocycles. The third-order valence-electron chi connectivity index (χ3n) is 7.80. The quantitative estimate of drug-likeness (QED) is 0.453. The van der Waals surface area contributed by atoms with E-state index in [1.54, 1.807) is 12.1 Å². The number of carbonyl (C=O) groups is 1. The first-order chi connectivity index (χ1) is 17.0. The van der Waals surface area contributed by atoms with Gasteiger partial charge >= 0.3 is 6.29 Å². The Morgan fingerprint density at radius 2 is 1.83 bits per heavy atom. The number of hydrogen-bond acceptors (Lipinski definition) is 4. The Bertz CT molecular complexity index is 1390. The summed E-state index contributed by atoms with van der Waals surface area (Å²) in [6.07, 6.45) is -0.618. The smallest absolute Gasteiger partial charge is 0.396 e. The fourth-order valence-corrected chi connectivity index (χ4v) is 5.15. The predicted molar refractivity (Wildman–Crippen MR) is 127 cm³/mol. The van der Waals surface area contributed by atoms with Crippen LogP contribution in [0.3, 0.4) is 0 Å². The van der Waals surface area contributed by atoms with Crippen LogP contribution in [0.1, 0.15) is 50.8 Å². The summed E-state index contributed by atoms with van der Waals surface area (Å²) in [5.41, 5.74) is 1.53. The summed E-state index contributed by atoms with van der Waals surface area (Å²) in [6, 6.07) is 9.46. The maximum absolute atomic E-state index is 15.3. The molecule has 2 saturated carbocycles. The van der Waals surface area contributed by atoms with Crippen molar-refractivity contribution in [1.82, 2.24) is 4.57 Å². The van der Waals surface area contributed by atoms with E-state index in [4.69, 9.17) is 0 Å². The first-order valence-electron chi connectivity index (χ1n) is 12.2. The zero-order chi connectivity index (χ0) is 25.5. The maximum Gasteiger partial charge on any atom is 0.586 e. The van der Waals surface area contributed by atoms with Crippen LogP contribution in [0, 0.1) is 11.7 Å². The van der Waals surface area contributed by atoms with Crippen LogP contribution in [0.2, 0.25) is 0 Å². The Hall–Kier alpha value is -3.20. The van der Waals surface area contributed by atoms with Gasteiger partial charge in [0.2, 0.25) is 5.91 Å². The van der Waals surface area contributed by atoms with E-state index in [1.807, 2.05) is 13.0 Å². The van der Waals surface area contributed by atoms with Crippen molar-refractivity contribution in [3.63, 3.8) is 0 Å². The number of hydrogen-bond donors (Lipinski definition) is 2. The Morgan fingerprint density at radius 1 is 1.11 bits per heavy atom. The molecule has 190 valence electrons. The monoisotopic (exact) mass is 500 g/mol. The van der Waals surface area contributed by atoms with Crippen LogP contribution in [0.25, 0.3) is 10.9 Å². The molecule has 0 radical (unpaired) electrons. The van der Waals surface area contributed by atoms with E-state index in [9.17, 15) is 18.7 Å². The summed E-state index contributed by atoms with van der Waals surface area (Å²) in [4.78, 5) is 13.3. The fraction of sp³-hybridized carbons (Fsp3) is 0.444. The van der Waals surface area contributed by atoms with Gasteiger partial charge in [0.25, 0.3) is 0 Å². The maximum atomic E-state index is 15.3. The molecule has 3 aromatic rings. The van der Waals surface area contributed by atoms with Crippen molar-refractivity contribution in [2.45, 2.75) is 63.2 Å². The molecule has 2 fully saturated rings. The second-order valence-corrected chi connectivity index (χ2v) is 10.7. The fourth-order valence-electron chi connectivity index (χ4n) is 5.15. The van der Waals surface area contributed by atoms with E-state index in [0.29, 0.717) is 24.9 Å². The number of rotatable bonds is 7. The van der Waals surface area contributed by atoms with E-state index < -0.39 is 23.4 Å². The SMILES string of the molecule is C[C@H](CO)Cn1c(C2(C)CC2)cc2cc(NC(=O)C3(c4ccc5c(c4)OC(F)(F)O5)CC3)c(F)cc21. The second kappa shape index (κ2) is 7.65. The number of nitrogens with zero attached hydrogens (tertiary/aromatic N) is 1. The van der Waals surface area contributed by atoms with Crippen molar-refractivity contribution in [2.24, 2.45) is 5.92 Å². The van der Waals surface area contributed by atoms with Gasteiger partial charge in [-0.2, -0.15) is 0 Å². The molecule has 6 rings (SSSR count). The summed E-state index contributed by atoms with van der Waals surface area (Å²) in [5.74, 6) is -1.14. The van der Waals surface area contributed by atoms with E-state index >= 15 is 4.39 Å². The molecule has 0 unspecified atom stereocenters. The summed E-state index contributed by atoms with van der Waals surface area (Å²) in [7, 11) is 0. The molecule has 2 aliphatic carbocycles. The zero-order valence-corrected chi connectivity index (χ0v) is 20.0. The van der Waals surface area contributed by atoms with Crippen LogP contribution >= 0.6 is 0 Å². The second-order valence-electron chi connectivity index (χ2n) is 10.7. The highest BCUT2D eigenvalue weighted by atomic mass is 19.3. The van der Waals surface area contributed by atoms with Crippen LogP contribution in [-0.2, 0) is 22.2 Å². The molecule has 0 spiro atoms. The molecule has 36 heavy (non-hydrogen) atoms. The molecule has 1 amide bonds. The van der Waals surface area contributed by atoms with Gasteiger partial charge in [-0.15, -0.1) is 8.78 Å². The third-order valence-corrected chi connectivity index (χ3v) is 7.80. The van der Waals surface area contributed by atoms with Gasteiger partial charge in [-0.3, -0.25) is 4.79 Å². The lowest BCUT2D eigenvalue weighted by Crippen LogP contribution is -2.28. The largest absolute Gasteiger partial charge is 0.586 e. The Morgan fingerprint density at radius 3 is 2.50 bits per heavy atom. The molecule has 0 bridgehead atoms. The van der Waals surface area contributed by atoms with E-state index in [-0.39, 0.29) is 35.1 Å². The Balaban J connectivity index is 1.30. The highest BCUT2D eigenvalue weighted by Gasteiger charge is 2.53. The molecule has 2 N–H and O–H groups in total. The Kier molecular flexibility index (Phi) is 4.93. The van der Waals surface area contributed by atoms with Gasteiger partial charge in [0.05, 0.1) is 16.6 Å². The average Bonchev–Trinajstić information content (AvgIpc) is 3.73. The number of amides is 1. The van der Waals surface area contributed by atoms with Crippen LogP contribution in [0.4, 0.5) is 18.9 Å². The zero-order valence-electron chi connectivity index (χ0n) is 20.0. The van der Waals surface area contributed by atoms with E-state index in [2.05, 4.69) is 26.3 Å². The third kappa shape index (κ3) is 3.72. The number of aliphatic hydroxyl groups excluding tert-OH is 1. The van der Waals surface area contributed by atoms with E-state index in [1.165, 1.54) is 18.2 Å². The van der Waals surface area contributed by atoms with Gasteiger partial charge in [0.15, 0.2) is 11.5 Å². The predicted octanol–water partition coefficient (Wildman–Crippen LogP) is 5.45. The topological polar surface area (TPSA) is 72.7 Å². The lowest BCUT2D eigenvalue weighted by Gasteiger charge is -2.19. The first-order valence-corrected chi connectivity index (χ1v) is 12.2. The first kappa shape index (κ1) is 23.2. The van der Waals surface area contributed by atoms with Gasteiger partial charge < -0.3 is 24.5 Å². The number of halogens is 3. The molecule has 1 atom stereocenters. The number of nitrogens with one attached hydrogen (secondary N) is 1. The number of anilines is 1. The highest BCUT2D eigenvalue weighted by Crippen LogP contribution is 2.53. The van der Waals surface area contributed by atoms with Crippen molar-refractivity contribution >= 4 is 22.5 Å². The summed E-state index contributed by atoms with van der Waals surface area (Å²) < 4.78 is 53.2. The number of carbonyl (C=O) groups excluding carboxylic acids is 1. The lowest BCUT2D eigenvalue weighted by atomic mass is 9.94. The van der Waals surface area contributed by atoms with Gasteiger partial charge in [-0.25, -0.2) is 4.39 Å². The number of fused-ring (bicyclic) bond motifs is 2. The number of aromatic nitrogens is 1. The summed E-state index contributed by atoms with van der Waals surface area (Å²) in [5, 5.41) is 13.1. The van der Waals surface area contributed by atoms with Gasteiger partial charge in [-0.1, -0.05) is 19.9 Å². The standard InChI is InChI=1S/C27H27F3N2O4/c1-15(14-33)13-32-20-12-18(28)19(9-16(20)10-23(32)25(2)5-6-25)31-24(34)26(7-8-26)17-3-4-21-22(11-17)36-27(29,30)35-21/h3-4,9-12,15,33H,5-8,13-14H2,1-2H3,(H,31,34)/t15-/m0/s1. The van der Waals surface area contributed by atoms with Crippen LogP contribution in [0.15, 0.2) is 36.4 Å². The summed E-state index contributed by atoms with van der Waals surface area (Å²) in [6.45, 7) is 4.73. The van der Waals surface area contributed by atoms with Gasteiger partial charge in [-0.05, 0) is 61.4 Å². The molecular formula is C27H27F3N2O4. The number of aliphatic hydroxyl groups is 1. The molecule has 1 aromatic heterocycles. The molecule has 6 nitrogen and oxygen atoms in total. The van der Waals surface area contributed by atoms with Crippen LogP contribution in [-0.4, -0.2) is 28.5 Å². The van der Waals surface area contributed by atoms with Crippen molar-refractivity contribution in [2.75, 3.05) is 11.9 Å². The molecule has 2 aromatic carbocycles.